The Morgan fingerprint density at radius 3 is 2.48 bits per heavy atom. The maximum absolute atomic E-state index is 13.3. The molecule has 1 amide bonds. The van der Waals surface area contributed by atoms with E-state index < -0.39 is 12.1 Å². The molecular formula is C17H17FN6O. The van der Waals surface area contributed by atoms with Crippen LogP contribution < -0.4 is 0 Å². The van der Waals surface area contributed by atoms with Crippen molar-refractivity contribution in [3.8, 4) is 0 Å². The van der Waals surface area contributed by atoms with E-state index in [9.17, 15) is 9.18 Å². The number of benzene rings is 1. The third-order valence-corrected chi connectivity index (χ3v) is 3.94. The van der Waals surface area contributed by atoms with Crippen molar-refractivity contribution >= 4 is 5.91 Å². The highest BCUT2D eigenvalue weighted by Crippen LogP contribution is 2.27. The van der Waals surface area contributed by atoms with Crippen molar-refractivity contribution in [2.75, 3.05) is 7.05 Å². The van der Waals surface area contributed by atoms with Crippen LogP contribution in [0.15, 0.2) is 55.4 Å². The first-order valence-electron chi connectivity index (χ1n) is 7.71. The summed E-state index contributed by atoms with van der Waals surface area (Å²) in [5, 5.41) is 4.01. The summed E-state index contributed by atoms with van der Waals surface area (Å²) in [6.45, 7) is 1.74. The fourth-order valence-electron chi connectivity index (χ4n) is 2.60. The average Bonchev–Trinajstić information content (AvgIpc) is 3.18. The highest BCUT2D eigenvalue weighted by atomic mass is 19.1. The van der Waals surface area contributed by atoms with Crippen LogP contribution in [-0.4, -0.2) is 42.6 Å². The zero-order valence-corrected chi connectivity index (χ0v) is 13.8. The quantitative estimate of drug-likeness (QED) is 0.710. The second kappa shape index (κ2) is 7.16. The van der Waals surface area contributed by atoms with Gasteiger partial charge in [-0.2, -0.15) is 5.10 Å². The van der Waals surface area contributed by atoms with Crippen LogP contribution in [0.2, 0.25) is 0 Å². The number of carbonyl (C=O) groups is 1. The summed E-state index contributed by atoms with van der Waals surface area (Å²) >= 11 is 0. The lowest BCUT2D eigenvalue weighted by molar-refractivity contribution is -0.134. The van der Waals surface area contributed by atoms with Crippen molar-refractivity contribution in [1.82, 2.24) is 29.6 Å². The molecule has 3 aromatic rings. The normalized spacial score (nSPS) is 13.2. The summed E-state index contributed by atoms with van der Waals surface area (Å²) < 4.78 is 14.8. The molecule has 0 spiro atoms. The van der Waals surface area contributed by atoms with Crippen molar-refractivity contribution < 1.29 is 9.18 Å². The van der Waals surface area contributed by atoms with E-state index in [1.165, 1.54) is 34.4 Å². The minimum Gasteiger partial charge on any atom is -0.330 e. The molecule has 0 saturated carbocycles. The molecule has 0 bridgehead atoms. The zero-order valence-electron chi connectivity index (χ0n) is 13.8. The summed E-state index contributed by atoms with van der Waals surface area (Å²) in [4.78, 5) is 26.9. The lowest BCUT2D eigenvalue weighted by atomic mass is 10.0. The summed E-state index contributed by atoms with van der Waals surface area (Å²) in [7, 11) is 1.67. The van der Waals surface area contributed by atoms with Gasteiger partial charge in [-0.25, -0.2) is 24.0 Å². The number of halogens is 1. The average molecular weight is 340 g/mol. The molecule has 0 unspecified atom stereocenters. The van der Waals surface area contributed by atoms with E-state index in [0.717, 1.165) is 0 Å². The summed E-state index contributed by atoms with van der Waals surface area (Å²) in [5.74, 6) is -0.0792. The molecule has 3 rings (SSSR count). The van der Waals surface area contributed by atoms with Crippen molar-refractivity contribution in [3.05, 3.63) is 72.6 Å². The molecule has 8 heteroatoms. The number of aromatic nitrogens is 5. The van der Waals surface area contributed by atoms with Crippen LogP contribution in [0, 0.1) is 5.82 Å². The van der Waals surface area contributed by atoms with Gasteiger partial charge in [-0.05, 0) is 30.7 Å². The fraction of sp³-hybridized carbons (Fsp3) is 0.235. The van der Waals surface area contributed by atoms with E-state index >= 15 is 0 Å². The van der Waals surface area contributed by atoms with Gasteiger partial charge in [0.05, 0.1) is 0 Å². The molecule has 0 radical (unpaired) electrons. The Morgan fingerprint density at radius 1 is 1.20 bits per heavy atom. The van der Waals surface area contributed by atoms with E-state index in [1.807, 2.05) is 0 Å². The molecule has 2 atom stereocenters. The van der Waals surface area contributed by atoms with Crippen molar-refractivity contribution in [1.29, 1.82) is 0 Å². The first kappa shape index (κ1) is 16.7. The fourth-order valence-corrected chi connectivity index (χ4v) is 2.60. The molecule has 7 nitrogen and oxygen atoms in total. The minimum atomic E-state index is -0.542. The molecule has 25 heavy (non-hydrogen) atoms. The lowest BCUT2D eigenvalue weighted by Gasteiger charge is -2.29. The molecule has 0 saturated heterocycles. The Labute approximate surface area is 144 Å². The first-order valence-corrected chi connectivity index (χ1v) is 7.71. The number of likely N-dealkylation sites (N-methyl/N-ethyl adjacent to an activating group) is 1. The van der Waals surface area contributed by atoms with Crippen molar-refractivity contribution in [2.24, 2.45) is 0 Å². The van der Waals surface area contributed by atoms with Crippen LogP contribution >= 0.6 is 0 Å². The highest BCUT2D eigenvalue weighted by molar-refractivity contribution is 5.80. The Hall–Kier alpha value is -3.16. The van der Waals surface area contributed by atoms with E-state index in [-0.39, 0.29) is 11.7 Å². The van der Waals surface area contributed by atoms with Gasteiger partial charge in [0.2, 0.25) is 5.91 Å². The van der Waals surface area contributed by atoms with Crippen LogP contribution in [0.25, 0.3) is 0 Å². The van der Waals surface area contributed by atoms with Gasteiger partial charge < -0.3 is 4.90 Å². The van der Waals surface area contributed by atoms with Crippen molar-refractivity contribution in [2.45, 2.75) is 19.0 Å². The molecule has 0 aliphatic rings. The Morgan fingerprint density at radius 2 is 1.88 bits per heavy atom. The van der Waals surface area contributed by atoms with Gasteiger partial charge in [0, 0.05) is 19.4 Å². The number of hydrogen-bond acceptors (Lipinski definition) is 5. The number of rotatable bonds is 5. The van der Waals surface area contributed by atoms with Crippen LogP contribution in [0.3, 0.4) is 0 Å². The Bertz CT molecular complexity index is 822. The third-order valence-electron chi connectivity index (χ3n) is 3.94. The van der Waals surface area contributed by atoms with E-state index in [1.54, 1.807) is 44.6 Å². The van der Waals surface area contributed by atoms with Gasteiger partial charge in [0.25, 0.3) is 0 Å². The molecule has 1 aromatic carbocycles. The molecule has 0 fully saturated rings. The van der Waals surface area contributed by atoms with E-state index in [4.69, 9.17) is 0 Å². The van der Waals surface area contributed by atoms with Crippen LogP contribution in [0.1, 0.15) is 30.4 Å². The smallest absolute Gasteiger partial charge is 0.247 e. The molecule has 0 aliphatic heterocycles. The Balaban J connectivity index is 1.96. The van der Waals surface area contributed by atoms with Gasteiger partial charge >= 0.3 is 0 Å². The predicted octanol–water partition coefficient (Wildman–Crippen LogP) is 2.02. The zero-order chi connectivity index (χ0) is 17.8. The van der Waals surface area contributed by atoms with Crippen molar-refractivity contribution in [3.63, 3.8) is 0 Å². The first-order chi connectivity index (χ1) is 12.1. The second-order valence-corrected chi connectivity index (χ2v) is 5.56. The third kappa shape index (κ3) is 3.52. The van der Waals surface area contributed by atoms with Crippen LogP contribution in [0.5, 0.6) is 0 Å². The van der Waals surface area contributed by atoms with Gasteiger partial charge in [0.15, 0.2) is 5.82 Å². The monoisotopic (exact) mass is 340 g/mol. The van der Waals surface area contributed by atoms with Gasteiger partial charge in [0.1, 0.15) is 30.6 Å². The highest BCUT2D eigenvalue weighted by Gasteiger charge is 2.29. The van der Waals surface area contributed by atoms with Crippen LogP contribution in [0.4, 0.5) is 4.39 Å². The van der Waals surface area contributed by atoms with Gasteiger partial charge in [-0.15, -0.1) is 0 Å². The topological polar surface area (TPSA) is 76.8 Å². The second-order valence-electron chi connectivity index (χ2n) is 5.56. The number of hydrogen-bond donors (Lipinski definition) is 0. The molecule has 0 aliphatic carbocycles. The lowest BCUT2D eigenvalue weighted by Crippen LogP contribution is -2.37. The standard InChI is InChI=1S/C17H17FN6O/c1-12(24-11-19-10-22-24)17(25)23(2)15(16-20-8-3-9-21-16)13-4-6-14(18)7-5-13/h3-12,15H,1-2H3/t12-,15-/m0/s1. The Kier molecular flexibility index (Phi) is 4.78. The predicted molar refractivity (Wildman–Crippen MR) is 87.8 cm³/mol. The number of carbonyl (C=O) groups excluding carboxylic acids is 1. The van der Waals surface area contributed by atoms with Gasteiger partial charge in [-0.3, -0.25) is 4.79 Å². The largest absolute Gasteiger partial charge is 0.330 e. The summed E-state index contributed by atoms with van der Waals surface area (Å²) in [5.41, 5.74) is 0.717. The summed E-state index contributed by atoms with van der Waals surface area (Å²) in [6.07, 6.45) is 6.08. The minimum absolute atomic E-state index is 0.188. The molecular weight excluding hydrogens is 323 g/mol. The number of amides is 1. The SMILES string of the molecule is C[C@@H](C(=O)N(C)[C@@H](c1ccc(F)cc1)c1ncccn1)n1cncn1. The van der Waals surface area contributed by atoms with E-state index in [2.05, 4.69) is 20.1 Å². The molecule has 2 heterocycles. The van der Waals surface area contributed by atoms with Gasteiger partial charge in [-0.1, -0.05) is 12.1 Å². The number of nitrogens with zero attached hydrogens (tertiary/aromatic N) is 6. The maximum Gasteiger partial charge on any atom is 0.247 e. The van der Waals surface area contributed by atoms with E-state index in [0.29, 0.717) is 11.4 Å². The molecule has 0 N–H and O–H groups in total. The summed E-state index contributed by atoms with van der Waals surface area (Å²) in [6, 6.07) is 6.57. The van der Waals surface area contributed by atoms with Crippen LogP contribution in [-0.2, 0) is 4.79 Å². The molecule has 2 aromatic heterocycles. The molecule has 128 valence electrons. The maximum atomic E-state index is 13.3.